The predicted octanol–water partition coefficient (Wildman–Crippen LogP) is 1.14. The van der Waals surface area contributed by atoms with Crippen LogP contribution in [0.25, 0.3) is 0 Å². The summed E-state index contributed by atoms with van der Waals surface area (Å²) < 4.78 is 12.9. The van der Waals surface area contributed by atoms with Crippen molar-refractivity contribution in [2.75, 3.05) is 12.4 Å². The highest BCUT2D eigenvalue weighted by Crippen LogP contribution is 2.16. The number of amides is 2. The van der Waals surface area contributed by atoms with E-state index in [0.29, 0.717) is 5.69 Å². The summed E-state index contributed by atoms with van der Waals surface area (Å²) in [6.07, 6.45) is 0. The Labute approximate surface area is 86.5 Å². The van der Waals surface area contributed by atoms with Gasteiger partial charge in [0, 0.05) is 14.0 Å². The smallest absolute Gasteiger partial charge is 0.253 e. The van der Waals surface area contributed by atoms with Crippen LogP contribution in [0.5, 0.6) is 0 Å². The molecule has 0 aliphatic carbocycles. The molecular formula is C10H11FN2O2. The van der Waals surface area contributed by atoms with Crippen molar-refractivity contribution in [3.05, 3.63) is 29.6 Å². The van der Waals surface area contributed by atoms with Gasteiger partial charge in [0.15, 0.2) is 0 Å². The van der Waals surface area contributed by atoms with Crippen molar-refractivity contribution in [2.45, 2.75) is 6.92 Å². The van der Waals surface area contributed by atoms with Crippen LogP contribution in [0.4, 0.5) is 10.1 Å². The van der Waals surface area contributed by atoms with Crippen LogP contribution in [-0.2, 0) is 4.79 Å². The predicted molar refractivity (Wildman–Crippen MR) is 54.1 cm³/mol. The van der Waals surface area contributed by atoms with Gasteiger partial charge in [-0.05, 0) is 18.2 Å². The van der Waals surface area contributed by atoms with E-state index < -0.39 is 11.7 Å². The molecule has 0 atom stereocenters. The minimum absolute atomic E-state index is 0.104. The Balaban J connectivity index is 3.14. The van der Waals surface area contributed by atoms with Crippen molar-refractivity contribution in [3.8, 4) is 0 Å². The normalized spacial score (nSPS) is 9.53. The Bertz CT molecular complexity index is 404. The monoisotopic (exact) mass is 210 g/mol. The van der Waals surface area contributed by atoms with Gasteiger partial charge in [0.25, 0.3) is 5.91 Å². The maximum atomic E-state index is 12.9. The largest absolute Gasteiger partial charge is 0.355 e. The Morgan fingerprint density at radius 3 is 2.53 bits per heavy atom. The lowest BCUT2D eigenvalue weighted by Gasteiger charge is -2.08. The number of halogens is 1. The molecule has 0 unspecified atom stereocenters. The summed E-state index contributed by atoms with van der Waals surface area (Å²) in [6.45, 7) is 1.32. The molecule has 0 spiro atoms. The van der Waals surface area contributed by atoms with Crippen molar-refractivity contribution >= 4 is 17.5 Å². The summed E-state index contributed by atoms with van der Waals surface area (Å²) >= 11 is 0. The fraction of sp³-hybridized carbons (Fsp3) is 0.200. The zero-order valence-electron chi connectivity index (χ0n) is 8.43. The number of anilines is 1. The molecule has 0 radical (unpaired) electrons. The third-order valence-electron chi connectivity index (χ3n) is 1.76. The lowest BCUT2D eigenvalue weighted by atomic mass is 10.1. The third kappa shape index (κ3) is 2.77. The molecule has 80 valence electrons. The molecule has 0 aromatic heterocycles. The van der Waals surface area contributed by atoms with Crippen LogP contribution in [0, 0.1) is 5.82 Å². The number of carbonyl (C=O) groups is 2. The van der Waals surface area contributed by atoms with Gasteiger partial charge in [-0.25, -0.2) is 4.39 Å². The minimum atomic E-state index is -0.525. The molecule has 0 heterocycles. The van der Waals surface area contributed by atoms with E-state index in [9.17, 15) is 14.0 Å². The van der Waals surface area contributed by atoms with E-state index in [4.69, 9.17) is 0 Å². The van der Waals surface area contributed by atoms with Gasteiger partial charge < -0.3 is 10.6 Å². The molecule has 1 aromatic rings. The van der Waals surface area contributed by atoms with Gasteiger partial charge in [-0.2, -0.15) is 0 Å². The molecule has 2 amide bonds. The Kier molecular flexibility index (Phi) is 3.38. The highest BCUT2D eigenvalue weighted by Gasteiger charge is 2.11. The molecule has 0 saturated heterocycles. The van der Waals surface area contributed by atoms with E-state index in [-0.39, 0.29) is 11.5 Å². The molecule has 15 heavy (non-hydrogen) atoms. The van der Waals surface area contributed by atoms with Gasteiger partial charge in [0.1, 0.15) is 5.82 Å². The summed E-state index contributed by atoms with van der Waals surface area (Å²) in [6, 6.07) is 3.60. The fourth-order valence-electron chi connectivity index (χ4n) is 1.14. The molecule has 1 aromatic carbocycles. The lowest BCUT2D eigenvalue weighted by Crippen LogP contribution is -2.20. The van der Waals surface area contributed by atoms with Crippen molar-refractivity contribution in [1.29, 1.82) is 0 Å². The SMILES string of the molecule is CNC(=O)c1cc(F)ccc1NC(C)=O. The number of rotatable bonds is 2. The van der Waals surface area contributed by atoms with Crippen LogP contribution >= 0.6 is 0 Å². The van der Waals surface area contributed by atoms with Gasteiger partial charge in [0.2, 0.25) is 5.91 Å². The first kappa shape index (κ1) is 11.2. The quantitative estimate of drug-likeness (QED) is 0.769. The van der Waals surface area contributed by atoms with Crippen LogP contribution in [0.2, 0.25) is 0 Å². The van der Waals surface area contributed by atoms with Gasteiger partial charge in [-0.1, -0.05) is 0 Å². The second-order valence-electron chi connectivity index (χ2n) is 2.95. The van der Waals surface area contributed by atoms with Crippen molar-refractivity contribution in [2.24, 2.45) is 0 Å². The molecule has 0 fully saturated rings. The average Bonchev–Trinajstić information content (AvgIpc) is 2.19. The number of benzene rings is 1. The van der Waals surface area contributed by atoms with Crippen molar-refractivity contribution < 1.29 is 14.0 Å². The maximum Gasteiger partial charge on any atom is 0.253 e. The van der Waals surface area contributed by atoms with Gasteiger partial charge in [0.05, 0.1) is 11.3 Å². The van der Waals surface area contributed by atoms with Crippen LogP contribution in [0.3, 0.4) is 0 Å². The Morgan fingerprint density at radius 2 is 2.00 bits per heavy atom. The van der Waals surface area contributed by atoms with E-state index >= 15 is 0 Å². The van der Waals surface area contributed by atoms with Crippen LogP contribution in [0.1, 0.15) is 17.3 Å². The lowest BCUT2D eigenvalue weighted by molar-refractivity contribution is -0.114. The molecule has 0 aliphatic heterocycles. The van der Waals surface area contributed by atoms with E-state index in [1.807, 2.05) is 0 Å². The maximum absolute atomic E-state index is 12.9. The van der Waals surface area contributed by atoms with Crippen LogP contribution < -0.4 is 10.6 Å². The van der Waals surface area contributed by atoms with Gasteiger partial charge in [-0.3, -0.25) is 9.59 Å². The standard InChI is InChI=1S/C10H11FN2O2/c1-6(14)13-9-4-3-7(11)5-8(9)10(15)12-2/h3-5H,1-2H3,(H,12,15)(H,13,14). The van der Waals surface area contributed by atoms with E-state index in [0.717, 1.165) is 6.07 Å². The molecule has 0 aliphatic rings. The Morgan fingerprint density at radius 1 is 1.33 bits per heavy atom. The summed E-state index contributed by atoms with van der Waals surface area (Å²) in [5.74, 6) is -1.28. The summed E-state index contributed by atoms with van der Waals surface area (Å²) in [4.78, 5) is 22.2. The first-order chi connectivity index (χ1) is 7.04. The minimum Gasteiger partial charge on any atom is -0.355 e. The average molecular weight is 210 g/mol. The number of hydrogen-bond donors (Lipinski definition) is 2. The van der Waals surface area contributed by atoms with Crippen molar-refractivity contribution in [3.63, 3.8) is 0 Å². The zero-order valence-corrected chi connectivity index (χ0v) is 8.43. The molecule has 1 rings (SSSR count). The second-order valence-corrected chi connectivity index (χ2v) is 2.95. The first-order valence-electron chi connectivity index (χ1n) is 4.34. The zero-order chi connectivity index (χ0) is 11.4. The molecule has 0 bridgehead atoms. The molecular weight excluding hydrogens is 199 g/mol. The van der Waals surface area contributed by atoms with E-state index in [1.54, 1.807) is 0 Å². The van der Waals surface area contributed by atoms with Crippen molar-refractivity contribution in [1.82, 2.24) is 5.32 Å². The highest BCUT2D eigenvalue weighted by molar-refractivity contribution is 6.03. The number of nitrogens with one attached hydrogen (secondary N) is 2. The summed E-state index contributed by atoms with van der Waals surface area (Å²) in [5, 5.41) is 4.81. The number of carbonyl (C=O) groups excluding carboxylic acids is 2. The highest BCUT2D eigenvalue weighted by atomic mass is 19.1. The van der Waals surface area contributed by atoms with Crippen LogP contribution in [0.15, 0.2) is 18.2 Å². The fourth-order valence-corrected chi connectivity index (χ4v) is 1.14. The second kappa shape index (κ2) is 4.54. The number of hydrogen-bond acceptors (Lipinski definition) is 2. The Hall–Kier alpha value is -1.91. The van der Waals surface area contributed by atoms with Gasteiger partial charge in [-0.15, -0.1) is 0 Å². The van der Waals surface area contributed by atoms with E-state index in [1.165, 1.54) is 26.1 Å². The summed E-state index contributed by atoms with van der Waals surface area (Å²) in [5.41, 5.74) is 0.399. The topological polar surface area (TPSA) is 58.2 Å². The molecule has 0 saturated carbocycles. The summed E-state index contributed by atoms with van der Waals surface area (Å²) in [7, 11) is 1.44. The van der Waals surface area contributed by atoms with E-state index in [2.05, 4.69) is 10.6 Å². The molecule has 2 N–H and O–H groups in total. The molecule has 5 heteroatoms. The van der Waals surface area contributed by atoms with Gasteiger partial charge >= 0.3 is 0 Å². The third-order valence-corrected chi connectivity index (χ3v) is 1.76. The van der Waals surface area contributed by atoms with Crippen LogP contribution in [-0.4, -0.2) is 18.9 Å². The first-order valence-corrected chi connectivity index (χ1v) is 4.34. The molecule has 4 nitrogen and oxygen atoms in total.